The van der Waals surface area contributed by atoms with Crippen LogP contribution in [0.3, 0.4) is 0 Å². The van der Waals surface area contributed by atoms with Gasteiger partial charge in [-0.3, -0.25) is 4.39 Å². The maximum Gasteiger partial charge on any atom is 0.109 e. The van der Waals surface area contributed by atoms with E-state index in [9.17, 15) is 8.78 Å². The molecule has 0 aromatic rings. The molecule has 0 aliphatic carbocycles. The number of hydrogen-bond acceptors (Lipinski definition) is 0. The third-order valence-corrected chi connectivity index (χ3v) is 4.65. The van der Waals surface area contributed by atoms with Gasteiger partial charge in [-0.2, -0.15) is 0 Å². The smallest absolute Gasteiger partial charge is 0.109 e. The average Bonchev–Trinajstić information content (AvgIpc) is 2.45. The Bertz CT molecular complexity index is 250. The third kappa shape index (κ3) is 6.85. The van der Waals surface area contributed by atoms with Gasteiger partial charge < -0.3 is 0 Å². The van der Waals surface area contributed by atoms with Gasteiger partial charge in [-0.25, -0.2) is 4.39 Å². The number of rotatable bonds is 11. The fourth-order valence-corrected chi connectivity index (χ4v) is 2.96. The maximum absolute atomic E-state index is 14.5. The van der Waals surface area contributed by atoms with Gasteiger partial charge in [0.05, 0.1) is 6.67 Å². The van der Waals surface area contributed by atoms with E-state index in [0.717, 1.165) is 25.7 Å². The first-order valence-corrected chi connectivity index (χ1v) is 8.34. The normalized spacial score (nSPS) is 19.8. The van der Waals surface area contributed by atoms with Gasteiger partial charge in [0.2, 0.25) is 0 Å². The maximum atomic E-state index is 14.5. The van der Waals surface area contributed by atoms with Crippen molar-refractivity contribution in [1.82, 2.24) is 0 Å². The summed E-state index contributed by atoms with van der Waals surface area (Å²) in [5.74, 6) is 0.307. The minimum Gasteiger partial charge on any atom is -0.251 e. The molecule has 5 atom stereocenters. The van der Waals surface area contributed by atoms with E-state index in [-0.39, 0.29) is 24.4 Å². The Labute approximate surface area is 125 Å². The summed E-state index contributed by atoms with van der Waals surface area (Å²) in [6.45, 7) is 9.81. The largest absolute Gasteiger partial charge is 0.251 e. The zero-order valence-corrected chi connectivity index (χ0v) is 14.0. The summed E-state index contributed by atoms with van der Waals surface area (Å²) in [7, 11) is 0. The first-order valence-electron chi connectivity index (χ1n) is 8.34. The molecule has 2 heteroatoms. The summed E-state index contributed by atoms with van der Waals surface area (Å²) < 4.78 is 27.8. The fourth-order valence-electron chi connectivity index (χ4n) is 2.96. The monoisotopic (exact) mass is 288 g/mol. The van der Waals surface area contributed by atoms with Gasteiger partial charge in [0, 0.05) is 5.92 Å². The van der Waals surface area contributed by atoms with E-state index >= 15 is 0 Å². The summed E-state index contributed by atoms with van der Waals surface area (Å²) in [6, 6.07) is 0. The quantitative estimate of drug-likeness (QED) is 0.388. The molecule has 120 valence electrons. The molecule has 0 aromatic heterocycles. The zero-order chi connectivity index (χ0) is 15.5. The van der Waals surface area contributed by atoms with Crippen LogP contribution in [0.5, 0.6) is 0 Å². The van der Waals surface area contributed by atoms with Gasteiger partial charge in [0.25, 0.3) is 0 Å². The van der Waals surface area contributed by atoms with Gasteiger partial charge in [-0.1, -0.05) is 65.5 Å². The highest BCUT2D eigenvalue weighted by Crippen LogP contribution is 2.32. The minimum absolute atomic E-state index is 0.117. The lowest BCUT2D eigenvalue weighted by Gasteiger charge is -2.29. The molecule has 0 heterocycles. The zero-order valence-electron chi connectivity index (χ0n) is 14.0. The average molecular weight is 288 g/mol. The lowest BCUT2D eigenvalue weighted by atomic mass is 9.79. The summed E-state index contributed by atoms with van der Waals surface area (Å²) in [5.41, 5.74) is 0. The van der Waals surface area contributed by atoms with Crippen LogP contribution in [-0.2, 0) is 0 Å². The van der Waals surface area contributed by atoms with Crippen LogP contribution in [0, 0.1) is 23.7 Å². The molecule has 0 fully saturated rings. The number of hydrogen-bond donors (Lipinski definition) is 0. The van der Waals surface area contributed by atoms with E-state index in [0.29, 0.717) is 5.92 Å². The van der Waals surface area contributed by atoms with Crippen molar-refractivity contribution in [1.29, 1.82) is 0 Å². The SMILES string of the molecule is CC=CC(C)C(F)C(CC)C(CF)CCCC(C)CC. The molecule has 5 unspecified atom stereocenters. The molecule has 0 aliphatic rings. The number of alkyl halides is 2. The van der Waals surface area contributed by atoms with Crippen LogP contribution in [0.1, 0.15) is 66.7 Å². The molecule has 0 saturated carbocycles. The van der Waals surface area contributed by atoms with Crippen LogP contribution in [0.4, 0.5) is 8.78 Å². The van der Waals surface area contributed by atoms with Crippen molar-refractivity contribution in [3.8, 4) is 0 Å². The van der Waals surface area contributed by atoms with Crippen molar-refractivity contribution in [2.24, 2.45) is 23.7 Å². The molecule has 0 saturated heterocycles. The Morgan fingerprint density at radius 3 is 2.15 bits per heavy atom. The van der Waals surface area contributed by atoms with Crippen molar-refractivity contribution >= 4 is 0 Å². The van der Waals surface area contributed by atoms with E-state index in [4.69, 9.17) is 0 Å². The van der Waals surface area contributed by atoms with Gasteiger partial charge in [0.15, 0.2) is 0 Å². The highest BCUT2D eigenvalue weighted by molar-refractivity contribution is 4.91. The molecular weight excluding hydrogens is 254 g/mol. The van der Waals surface area contributed by atoms with Gasteiger partial charge >= 0.3 is 0 Å². The lowest BCUT2D eigenvalue weighted by Crippen LogP contribution is -2.30. The van der Waals surface area contributed by atoms with Crippen LogP contribution in [0.15, 0.2) is 12.2 Å². The molecule has 0 nitrogen and oxygen atoms in total. The molecule has 0 aliphatic heterocycles. The van der Waals surface area contributed by atoms with Gasteiger partial charge in [0.1, 0.15) is 6.17 Å². The van der Waals surface area contributed by atoms with Gasteiger partial charge in [-0.15, -0.1) is 0 Å². The first-order chi connectivity index (χ1) is 9.51. The van der Waals surface area contributed by atoms with Crippen molar-refractivity contribution in [2.75, 3.05) is 6.67 Å². The summed E-state index contributed by atoms with van der Waals surface area (Å²) in [4.78, 5) is 0. The molecule has 0 aromatic carbocycles. The molecule has 0 rings (SSSR count). The minimum atomic E-state index is -0.930. The van der Waals surface area contributed by atoms with Crippen molar-refractivity contribution in [3.63, 3.8) is 0 Å². The Morgan fingerprint density at radius 2 is 1.70 bits per heavy atom. The second kappa shape index (κ2) is 11.3. The molecule has 0 spiro atoms. The van der Waals surface area contributed by atoms with Crippen molar-refractivity contribution < 1.29 is 8.78 Å². The summed E-state index contributed by atoms with van der Waals surface area (Å²) in [5, 5.41) is 0. The Morgan fingerprint density at radius 1 is 1.05 bits per heavy atom. The Kier molecular flexibility index (Phi) is 11.1. The predicted octanol–water partition coefficient (Wildman–Crippen LogP) is 6.37. The second-order valence-corrected chi connectivity index (χ2v) is 6.26. The first kappa shape index (κ1) is 19.6. The van der Waals surface area contributed by atoms with Crippen LogP contribution in [0.2, 0.25) is 0 Å². The van der Waals surface area contributed by atoms with E-state index in [1.807, 2.05) is 32.9 Å². The molecule has 0 N–H and O–H groups in total. The Balaban J connectivity index is 4.48. The molecule has 0 bridgehead atoms. The standard InChI is InChI=1S/C18H34F2/c1-6-10-15(5)18(20)17(8-3)16(13-19)12-9-11-14(4)7-2/h6,10,14-18H,7-9,11-13H2,1-5H3. The van der Waals surface area contributed by atoms with Crippen molar-refractivity contribution in [3.05, 3.63) is 12.2 Å². The van der Waals surface area contributed by atoms with Gasteiger partial charge in [-0.05, 0) is 31.1 Å². The van der Waals surface area contributed by atoms with E-state index < -0.39 is 6.17 Å². The number of halogens is 2. The van der Waals surface area contributed by atoms with Crippen LogP contribution >= 0.6 is 0 Å². The van der Waals surface area contributed by atoms with Crippen molar-refractivity contribution in [2.45, 2.75) is 72.9 Å². The third-order valence-electron chi connectivity index (χ3n) is 4.65. The topological polar surface area (TPSA) is 0 Å². The molecule has 0 amide bonds. The molecular formula is C18H34F2. The van der Waals surface area contributed by atoms with Crippen LogP contribution < -0.4 is 0 Å². The molecule has 20 heavy (non-hydrogen) atoms. The summed E-state index contributed by atoms with van der Waals surface area (Å²) >= 11 is 0. The van der Waals surface area contributed by atoms with Crippen LogP contribution in [-0.4, -0.2) is 12.8 Å². The highest BCUT2D eigenvalue weighted by Gasteiger charge is 2.30. The van der Waals surface area contributed by atoms with E-state index in [1.54, 1.807) is 0 Å². The van der Waals surface area contributed by atoms with E-state index in [1.165, 1.54) is 6.42 Å². The predicted molar refractivity (Wildman–Crippen MR) is 85.4 cm³/mol. The summed E-state index contributed by atoms with van der Waals surface area (Å²) in [6.07, 6.45) is 7.71. The number of allylic oxidation sites excluding steroid dienone is 2. The lowest BCUT2D eigenvalue weighted by molar-refractivity contribution is 0.102. The fraction of sp³-hybridized carbons (Fsp3) is 0.889. The van der Waals surface area contributed by atoms with Crippen LogP contribution in [0.25, 0.3) is 0 Å². The highest BCUT2D eigenvalue weighted by atomic mass is 19.1. The molecule has 0 radical (unpaired) electrons. The van der Waals surface area contributed by atoms with E-state index in [2.05, 4.69) is 13.8 Å². The Hall–Kier alpha value is -0.400. The second-order valence-electron chi connectivity index (χ2n) is 6.26.